The van der Waals surface area contributed by atoms with Gasteiger partial charge < -0.3 is 48.5 Å². The number of nitrogens with one attached hydrogen (secondary N) is 2. The number of esters is 2. The second-order valence-electron chi connectivity index (χ2n) is 19.6. The van der Waals surface area contributed by atoms with Gasteiger partial charge in [0, 0.05) is 59.8 Å². The van der Waals surface area contributed by atoms with Crippen LogP contribution in [0.2, 0.25) is 0 Å². The zero-order valence-electron chi connectivity index (χ0n) is 46.9. The summed E-state index contributed by atoms with van der Waals surface area (Å²) < 4.78 is 24.1. The van der Waals surface area contributed by atoms with Crippen molar-refractivity contribution in [2.24, 2.45) is 0 Å². The predicted molar refractivity (Wildman–Crippen MR) is 322 cm³/mol. The fourth-order valence-electron chi connectivity index (χ4n) is 8.76. The number of thioether (sulfide) groups is 2. The summed E-state index contributed by atoms with van der Waals surface area (Å²) in [5, 5.41) is 22.5. The fourth-order valence-corrected chi connectivity index (χ4v) is 10.7. The number of rotatable bonds is 26. The normalized spacial score (nSPS) is 12.0. The van der Waals surface area contributed by atoms with Gasteiger partial charge >= 0.3 is 24.0 Å². The molecule has 0 bridgehead atoms. The summed E-state index contributed by atoms with van der Waals surface area (Å²) in [6.07, 6.45) is 1.64. The molecule has 0 spiro atoms. The first-order valence-electron chi connectivity index (χ1n) is 27.1. The Balaban J connectivity index is 0.907. The maximum atomic E-state index is 13.7. The molecule has 2 N–H and O–H groups in total. The number of urea groups is 2. The number of carbonyl (C=O) groups is 4. The molecule has 0 fully saturated rings. The van der Waals surface area contributed by atoms with Crippen molar-refractivity contribution >= 4 is 58.9 Å². The lowest BCUT2D eigenvalue weighted by Gasteiger charge is -2.24. The molecule has 20 heteroatoms. The van der Waals surface area contributed by atoms with Crippen LogP contribution in [-0.4, -0.2) is 130 Å². The van der Waals surface area contributed by atoms with E-state index in [1.54, 1.807) is 107 Å². The van der Waals surface area contributed by atoms with Crippen molar-refractivity contribution in [2.45, 2.75) is 50.3 Å². The monoisotopic (exact) mass is 1140 g/mol. The fraction of sp³-hybridized carbons (Fsp3) is 0.290. The number of hydrogen-bond acceptors (Lipinski definition) is 16. The van der Waals surface area contributed by atoms with Crippen LogP contribution in [0.4, 0.5) is 21.0 Å². The van der Waals surface area contributed by atoms with E-state index in [-0.39, 0.29) is 47.1 Å². The minimum Gasteiger partial charge on any atom is -0.419 e. The summed E-state index contributed by atoms with van der Waals surface area (Å²) in [5.41, 5.74) is 5.61. The molecule has 2 heterocycles. The van der Waals surface area contributed by atoms with Gasteiger partial charge in [0.15, 0.2) is 0 Å². The highest BCUT2D eigenvalue weighted by atomic mass is 32.2. The number of benzene rings is 6. The molecule has 8 rings (SSSR count). The van der Waals surface area contributed by atoms with E-state index < -0.39 is 22.4 Å². The van der Waals surface area contributed by atoms with Gasteiger partial charge in [-0.2, -0.15) is 0 Å². The van der Waals surface area contributed by atoms with Crippen molar-refractivity contribution in [3.63, 3.8) is 0 Å². The molecule has 0 radical (unpaired) electrons. The molecule has 2 unspecified atom stereocenters. The van der Waals surface area contributed by atoms with E-state index in [2.05, 4.69) is 40.8 Å². The summed E-state index contributed by atoms with van der Waals surface area (Å²) in [4.78, 5) is 62.3. The SMILES string of the molecule is CCSC(c1nnc(-c2ccc(NC(=O)N(CCCN(C)C)Cc3ccccc3)cc2)o1)c1ccccc1OC(=O)C(=O)Oc1ccccc1C(SCC)c1nnc(-c2ccc(NC(=O)N(CCCN(C)C)Cc3ccccc3)cc2)o1. The molecule has 0 aliphatic rings. The van der Waals surface area contributed by atoms with E-state index in [1.165, 1.54) is 23.5 Å². The lowest BCUT2D eigenvalue weighted by molar-refractivity contribution is -0.156. The zero-order chi connectivity index (χ0) is 57.8. The molecule has 0 saturated carbocycles. The van der Waals surface area contributed by atoms with Gasteiger partial charge in [-0.05, 0) is 137 Å². The third kappa shape index (κ3) is 16.9. The average molecular weight is 1150 g/mol. The highest BCUT2D eigenvalue weighted by Crippen LogP contribution is 2.42. The predicted octanol–water partition coefficient (Wildman–Crippen LogP) is 12.0. The molecule has 4 amide bonds. The quantitative estimate of drug-likeness (QED) is 0.0294. The van der Waals surface area contributed by atoms with Crippen molar-refractivity contribution < 1.29 is 37.5 Å². The van der Waals surface area contributed by atoms with Gasteiger partial charge in [-0.3, -0.25) is 0 Å². The maximum Gasteiger partial charge on any atom is 0.423 e. The van der Waals surface area contributed by atoms with Crippen molar-refractivity contribution in [1.82, 2.24) is 40.0 Å². The zero-order valence-corrected chi connectivity index (χ0v) is 48.5. The van der Waals surface area contributed by atoms with Crippen LogP contribution in [0, 0.1) is 0 Å². The molecule has 6 aromatic carbocycles. The lowest BCUT2D eigenvalue weighted by Crippen LogP contribution is -2.36. The number of hydrogen-bond donors (Lipinski definition) is 2. The van der Waals surface area contributed by atoms with Crippen LogP contribution >= 0.6 is 23.5 Å². The van der Waals surface area contributed by atoms with Gasteiger partial charge in [0.05, 0.1) is 0 Å². The Morgan fingerprint density at radius 1 is 0.476 bits per heavy atom. The number of carbonyl (C=O) groups excluding carboxylic acids is 4. The third-order valence-electron chi connectivity index (χ3n) is 12.8. The summed E-state index contributed by atoms with van der Waals surface area (Å²) in [5.74, 6) is 0.00765. The van der Waals surface area contributed by atoms with E-state index >= 15 is 0 Å². The van der Waals surface area contributed by atoms with E-state index in [9.17, 15) is 19.2 Å². The molecular weight excluding hydrogens is 1080 g/mol. The lowest BCUT2D eigenvalue weighted by atomic mass is 10.1. The minimum absolute atomic E-state index is 0.111. The van der Waals surface area contributed by atoms with E-state index in [4.69, 9.17) is 18.3 Å². The van der Waals surface area contributed by atoms with Gasteiger partial charge in [-0.1, -0.05) is 111 Å². The second kappa shape index (κ2) is 30.0. The first-order valence-corrected chi connectivity index (χ1v) is 29.2. The highest BCUT2D eigenvalue weighted by Gasteiger charge is 2.31. The Labute approximate surface area is 487 Å². The molecular formula is C62H68N10O8S2. The smallest absolute Gasteiger partial charge is 0.419 e. The average Bonchev–Trinajstić information content (AvgIpc) is 4.29. The largest absolute Gasteiger partial charge is 0.423 e. The minimum atomic E-state index is -1.25. The number of nitrogens with zero attached hydrogens (tertiary/aromatic N) is 8. The molecule has 8 aromatic rings. The number of anilines is 2. The second-order valence-corrected chi connectivity index (χ2v) is 22.3. The molecule has 0 aliphatic carbocycles. The highest BCUT2D eigenvalue weighted by molar-refractivity contribution is 7.99. The number of aromatic nitrogens is 4. The molecule has 426 valence electrons. The Morgan fingerprint density at radius 2 is 0.841 bits per heavy atom. The Kier molecular flexibility index (Phi) is 21.8. The van der Waals surface area contributed by atoms with Gasteiger partial charge in [-0.25, -0.2) is 19.2 Å². The number of amides is 4. The number of ether oxygens (including phenoxy) is 2. The summed E-state index contributed by atoms with van der Waals surface area (Å²) in [6, 6.07) is 47.4. The van der Waals surface area contributed by atoms with Crippen LogP contribution in [0.5, 0.6) is 11.5 Å². The third-order valence-corrected chi connectivity index (χ3v) is 15.1. The molecule has 0 aliphatic heterocycles. The van der Waals surface area contributed by atoms with E-state index in [1.807, 2.05) is 103 Å². The maximum absolute atomic E-state index is 13.7. The topological polar surface area (TPSA) is 202 Å². The van der Waals surface area contributed by atoms with Gasteiger partial charge in [-0.15, -0.1) is 43.9 Å². The standard InChI is InChI=1S/C62H68N10O8S2/c1-7-81-53(57-67-65-55(79-57)45-29-33-47(34-30-45)63-61(75)71(39-19-37-69(3)4)41-43-21-11-9-12-22-43)49-25-15-17-27-51(49)77-59(73)60(74)78-52-28-18-16-26-50(52)54(82-8-2)58-68-66-56(80-58)46-31-35-48(36-32-46)64-62(76)72(40-20-38-70(5)6)42-44-23-13-10-14-24-44/h9-18,21-36,53-54H,7-8,19-20,37-42H2,1-6H3,(H,63,75)(H,64,76). The van der Waals surface area contributed by atoms with Crippen LogP contribution in [0.3, 0.4) is 0 Å². The van der Waals surface area contributed by atoms with E-state index in [0.717, 1.165) is 37.1 Å². The van der Waals surface area contributed by atoms with Crippen LogP contribution in [0.15, 0.2) is 167 Å². The van der Waals surface area contributed by atoms with Crippen LogP contribution in [0.1, 0.15) is 71.2 Å². The summed E-state index contributed by atoms with van der Waals surface area (Å²) >= 11 is 2.96. The Bertz CT molecular complexity index is 3110. The van der Waals surface area contributed by atoms with Crippen LogP contribution in [0.25, 0.3) is 22.9 Å². The van der Waals surface area contributed by atoms with Crippen molar-refractivity contribution in [3.05, 3.63) is 192 Å². The first kappa shape index (κ1) is 59.8. The molecule has 2 aromatic heterocycles. The Hall–Kier alpha value is -8.30. The van der Waals surface area contributed by atoms with Crippen molar-refractivity contribution in [2.75, 3.05) is 76.5 Å². The summed E-state index contributed by atoms with van der Waals surface area (Å²) in [7, 11) is 8.05. The molecule has 0 saturated heterocycles. The first-order chi connectivity index (χ1) is 39.8. The number of para-hydroxylation sites is 2. The molecule has 2 atom stereocenters. The van der Waals surface area contributed by atoms with Crippen LogP contribution in [-0.2, 0) is 22.7 Å². The molecule has 18 nitrogen and oxygen atoms in total. The Morgan fingerprint density at radius 3 is 1.21 bits per heavy atom. The van der Waals surface area contributed by atoms with Crippen molar-refractivity contribution in [1.29, 1.82) is 0 Å². The van der Waals surface area contributed by atoms with Gasteiger partial charge in [0.2, 0.25) is 23.6 Å². The molecule has 82 heavy (non-hydrogen) atoms. The van der Waals surface area contributed by atoms with Gasteiger partial charge in [0.1, 0.15) is 22.0 Å². The van der Waals surface area contributed by atoms with Crippen molar-refractivity contribution in [3.8, 4) is 34.4 Å². The van der Waals surface area contributed by atoms with Gasteiger partial charge in [0.25, 0.3) is 0 Å². The van der Waals surface area contributed by atoms with E-state index in [0.29, 0.717) is 71.3 Å². The summed E-state index contributed by atoms with van der Waals surface area (Å²) in [6.45, 7) is 7.78. The van der Waals surface area contributed by atoms with Crippen LogP contribution < -0.4 is 20.1 Å².